The van der Waals surface area contributed by atoms with Gasteiger partial charge in [-0.25, -0.2) is 4.79 Å². The highest BCUT2D eigenvalue weighted by atomic mass is 16.2. The Hall–Kier alpha value is -1.51. The first kappa shape index (κ1) is 13.9. The van der Waals surface area contributed by atoms with Gasteiger partial charge in [0.15, 0.2) is 0 Å². The van der Waals surface area contributed by atoms with E-state index in [1.165, 1.54) is 37.7 Å². The van der Waals surface area contributed by atoms with Crippen molar-refractivity contribution in [1.82, 2.24) is 5.32 Å². The number of nitrogens with one attached hydrogen (secondary N) is 2. The van der Waals surface area contributed by atoms with Crippen LogP contribution in [-0.4, -0.2) is 12.6 Å². The third-order valence-corrected chi connectivity index (χ3v) is 3.91. The quantitative estimate of drug-likeness (QED) is 0.847. The minimum absolute atomic E-state index is 0.0856. The molecule has 0 atom stereocenters. The largest absolute Gasteiger partial charge is 0.338 e. The van der Waals surface area contributed by atoms with Gasteiger partial charge in [0.2, 0.25) is 0 Å². The second-order valence-corrected chi connectivity index (χ2v) is 5.66. The van der Waals surface area contributed by atoms with Crippen molar-refractivity contribution in [3.63, 3.8) is 0 Å². The second kappa shape index (κ2) is 6.60. The van der Waals surface area contributed by atoms with Gasteiger partial charge in [0.25, 0.3) is 0 Å². The summed E-state index contributed by atoms with van der Waals surface area (Å²) in [6.45, 7) is 4.88. The number of rotatable bonds is 3. The molecule has 3 nitrogen and oxygen atoms in total. The molecule has 0 aliphatic heterocycles. The summed E-state index contributed by atoms with van der Waals surface area (Å²) >= 11 is 0. The molecule has 1 aromatic carbocycles. The Kier molecular flexibility index (Phi) is 4.83. The first-order valence-corrected chi connectivity index (χ1v) is 7.27. The molecule has 1 saturated carbocycles. The van der Waals surface area contributed by atoms with Crippen LogP contribution in [0, 0.1) is 19.8 Å². The number of carbonyl (C=O) groups is 1. The molecule has 0 spiro atoms. The number of aryl methyl sites for hydroxylation is 2. The molecule has 2 N–H and O–H groups in total. The smallest absolute Gasteiger partial charge is 0.319 e. The Morgan fingerprint density at radius 1 is 1.21 bits per heavy atom. The number of anilines is 1. The Balaban J connectivity index is 1.80. The summed E-state index contributed by atoms with van der Waals surface area (Å²) in [4.78, 5) is 11.9. The molecule has 1 aliphatic rings. The number of amides is 2. The van der Waals surface area contributed by atoms with Crippen LogP contribution in [0.4, 0.5) is 10.5 Å². The topological polar surface area (TPSA) is 41.1 Å². The Bertz CT molecular complexity index is 436. The number of carbonyl (C=O) groups excluding carboxylic acids is 1. The van der Waals surface area contributed by atoms with E-state index in [0.717, 1.165) is 17.8 Å². The summed E-state index contributed by atoms with van der Waals surface area (Å²) in [5, 5.41) is 5.92. The van der Waals surface area contributed by atoms with Crippen LogP contribution in [0.5, 0.6) is 0 Å². The SMILES string of the molecule is Cc1ccc(NC(=O)NCC2CCCCC2)c(C)c1. The zero-order valence-corrected chi connectivity index (χ0v) is 12.0. The van der Waals surface area contributed by atoms with Crippen LogP contribution >= 0.6 is 0 Å². The fourth-order valence-corrected chi connectivity index (χ4v) is 2.75. The lowest BCUT2D eigenvalue weighted by molar-refractivity contribution is 0.247. The standard InChI is InChI=1S/C16H24N2O/c1-12-8-9-15(13(2)10-12)18-16(19)17-11-14-6-4-3-5-7-14/h8-10,14H,3-7,11H2,1-2H3,(H2,17,18,19). The van der Waals surface area contributed by atoms with E-state index in [1.807, 2.05) is 19.1 Å². The number of benzene rings is 1. The lowest BCUT2D eigenvalue weighted by atomic mass is 9.89. The molecule has 0 unspecified atom stereocenters. The maximum absolute atomic E-state index is 11.9. The summed E-state index contributed by atoms with van der Waals surface area (Å²) in [7, 11) is 0. The predicted molar refractivity (Wildman–Crippen MR) is 79.5 cm³/mol. The maximum Gasteiger partial charge on any atom is 0.319 e. The normalized spacial score (nSPS) is 16.1. The van der Waals surface area contributed by atoms with Crippen molar-refractivity contribution >= 4 is 11.7 Å². The molecular formula is C16H24N2O. The van der Waals surface area contributed by atoms with Crippen LogP contribution in [0.1, 0.15) is 43.2 Å². The van der Waals surface area contributed by atoms with Gasteiger partial charge in [0, 0.05) is 12.2 Å². The highest BCUT2D eigenvalue weighted by Crippen LogP contribution is 2.22. The molecular weight excluding hydrogens is 236 g/mol. The van der Waals surface area contributed by atoms with Gasteiger partial charge in [-0.3, -0.25) is 0 Å². The van der Waals surface area contributed by atoms with Crippen LogP contribution in [0.25, 0.3) is 0 Å². The number of urea groups is 1. The van der Waals surface area contributed by atoms with Crippen molar-refractivity contribution < 1.29 is 4.79 Å². The maximum atomic E-state index is 11.9. The van der Waals surface area contributed by atoms with Crippen molar-refractivity contribution in [2.75, 3.05) is 11.9 Å². The van der Waals surface area contributed by atoms with E-state index in [2.05, 4.69) is 23.6 Å². The summed E-state index contributed by atoms with van der Waals surface area (Å²) in [6.07, 6.45) is 6.48. The molecule has 0 radical (unpaired) electrons. The monoisotopic (exact) mass is 260 g/mol. The van der Waals surface area contributed by atoms with Gasteiger partial charge in [-0.15, -0.1) is 0 Å². The van der Waals surface area contributed by atoms with Crippen LogP contribution in [0.15, 0.2) is 18.2 Å². The van der Waals surface area contributed by atoms with Crippen molar-refractivity contribution in [3.05, 3.63) is 29.3 Å². The van der Waals surface area contributed by atoms with Gasteiger partial charge in [0.05, 0.1) is 0 Å². The minimum Gasteiger partial charge on any atom is -0.338 e. The van der Waals surface area contributed by atoms with Crippen LogP contribution < -0.4 is 10.6 Å². The van der Waals surface area contributed by atoms with E-state index in [9.17, 15) is 4.79 Å². The number of hydrogen-bond acceptors (Lipinski definition) is 1. The molecule has 1 aliphatic carbocycles. The summed E-state index contributed by atoms with van der Waals surface area (Å²) in [5.41, 5.74) is 3.21. The second-order valence-electron chi connectivity index (χ2n) is 5.66. The average Bonchev–Trinajstić information content (AvgIpc) is 2.41. The van der Waals surface area contributed by atoms with Gasteiger partial charge in [-0.2, -0.15) is 0 Å². The molecule has 2 amide bonds. The zero-order valence-electron chi connectivity index (χ0n) is 12.0. The summed E-state index contributed by atoms with van der Waals surface area (Å²) < 4.78 is 0. The predicted octanol–water partition coefficient (Wildman–Crippen LogP) is 4.01. The van der Waals surface area contributed by atoms with E-state index >= 15 is 0 Å². The van der Waals surface area contributed by atoms with E-state index in [4.69, 9.17) is 0 Å². The Morgan fingerprint density at radius 2 is 1.95 bits per heavy atom. The third-order valence-electron chi connectivity index (χ3n) is 3.91. The Labute approximate surface area is 115 Å². The highest BCUT2D eigenvalue weighted by Gasteiger charge is 2.14. The molecule has 0 bridgehead atoms. The molecule has 3 heteroatoms. The summed E-state index contributed by atoms with van der Waals surface area (Å²) in [6, 6.07) is 5.98. The van der Waals surface area contributed by atoms with Crippen molar-refractivity contribution in [2.24, 2.45) is 5.92 Å². The molecule has 0 saturated heterocycles. The van der Waals surface area contributed by atoms with Crippen molar-refractivity contribution in [1.29, 1.82) is 0 Å². The molecule has 19 heavy (non-hydrogen) atoms. The summed E-state index contributed by atoms with van der Waals surface area (Å²) in [5.74, 6) is 0.665. The molecule has 1 fully saturated rings. The van der Waals surface area contributed by atoms with Gasteiger partial charge >= 0.3 is 6.03 Å². The van der Waals surface area contributed by atoms with E-state index in [-0.39, 0.29) is 6.03 Å². The van der Waals surface area contributed by atoms with Gasteiger partial charge < -0.3 is 10.6 Å². The van der Waals surface area contributed by atoms with Crippen molar-refractivity contribution in [3.8, 4) is 0 Å². The molecule has 104 valence electrons. The first-order chi connectivity index (χ1) is 9.15. The van der Waals surface area contributed by atoms with E-state index < -0.39 is 0 Å². The van der Waals surface area contributed by atoms with Crippen LogP contribution in [-0.2, 0) is 0 Å². The van der Waals surface area contributed by atoms with E-state index in [0.29, 0.717) is 5.92 Å². The minimum atomic E-state index is -0.0856. The lowest BCUT2D eigenvalue weighted by Crippen LogP contribution is -2.33. The molecule has 0 aromatic heterocycles. The molecule has 0 heterocycles. The fourth-order valence-electron chi connectivity index (χ4n) is 2.75. The first-order valence-electron chi connectivity index (χ1n) is 7.27. The van der Waals surface area contributed by atoms with E-state index in [1.54, 1.807) is 0 Å². The van der Waals surface area contributed by atoms with Gasteiger partial charge in [0.1, 0.15) is 0 Å². The van der Waals surface area contributed by atoms with Crippen molar-refractivity contribution in [2.45, 2.75) is 46.0 Å². The third kappa shape index (κ3) is 4.27. The lowest BCUT2D eigenvalue weighted by Gasteiger charge is -2.21. The number of hydrogen-bond donors (Lipinski definition) is 2. The zero-order chi connectivity index (χ0) is 13.7. The highest BCUT2D eigenvalue weighted by molar-refractivity contribution is 5.90. The molecule has 1 aromatic rings. The average molecular weight is 260 g/mol. The van der Waals surface area contributed by atoms with Gasteiger partial charge in [-0.05, 0) is 44.2 Å². The van der Waals surface area contributed by atoms with Crippen LogP contribution in [0.3, 0.4) is 0 Å². The van der Waals surface area contributed by atoms with Crippen LogP contribution in [0.2, 0.25) is 0 Å². The van der Waals surface area contributed by atoms with Gasteiger partial charge in [-0.1, -0.05) is 37.0 Å². The molecule has 2 rings (SSSR count). The fraction of sp³-hybridized carbons (Fsp3) is 0.562. The Morgan fingerprint density at radius 3 is 2.63 bits per heavy atom.